The molecule has 0 aromatic carbocycles. The summed E-state index contributed by atoms with van der Waals surface area (Å²) in [6, 6.07) is 1.15. The van der Waals surface area contributed by atoms with E-state index in [1.165, 1.54) is 7.11 Å². The van der Waals surface area contributed by atoms with Gasteiger partial charge in [-0.25, -0.2) is 9.78 Å². The topological polar surface area (TPSA) is 75.3 Å². The molecule has 1 saturated heterocycles. The number of piperidine rings is 1. The van der Waals surface area contributed by atoms with E-state index in [9.17, 15) is 9.59 Å². The van der Waals surface area contributed by atoms with E-state index in [0.717, 1.165) is 32.0 Å². The number of ether oxygens (including phenoxy) is 1. The quantitative estimate of drug-likeness (QED) is 0.787. The maximum absolute atomic E-state index is 11.5. The third-order valence-electron chi connectivity index (χ3n) is 3.21. The first-order chi connectivity index (χ1) is 8.60. The number of esters is 1. The van der Waals surface area contributed by atoms with E-state index in [1.54, 1.807) is 0 Å². The zero-order chi connectivity index (χ0) is 13.1. The van der Waals surface area contributed by atoms with Gasteiger partial charge in [-0.2, -0.15) is 0 Å². The first kappa shape index (κ1) is 12.6. The molecule has 1 aliphatic rings. The Morgan fingerprint density at radius 2 is 2.17 bits per heavy atom. The molecule has 6 nitrogen and oxygen atoms in total. The van der Waals surface area contributed by atoms with E-state index in [0.29, 0.717) is 11.9 Å². The molecule has 0 unspecified atom stereocenters. The van der Waals surface area contributed by atoms with E-state index in [1.807, 2.05) is 4.90 Å². The van der Waals surface area contributed by atoms with Gasteiger partial charge >= 0.3 is 5.97 Å². The molecule has 1 aliphatic heterocycles. The number of rotatable bonds is 2. The number of methoxy groups -OCH3 is 1. The monoisotopic (exact) mass is 251 g/mol. The second kappa shape index (κ2) is 5.20. The van der Waals surface area contributed by atoms with Crippen LogP contribution in [0.4, 0.5) is 5.95 Å². The van der Waals surface area contributed by atoms with Crippen LogP contribution in [0.25, 0.3) is 0 Å². The van der Waals surface area contributed by atoms with Crippen LogP contribution in [0.15, 0.2) is 10.9 Å². The van der Waals surface area contributed by atoms with Crippen molar-refractivity contribution in [2.24, 2.45) is 5.92 Å². The van der Waals surface area contributed by atoms with Crippen molar-refractivity contribution in [3.63, 3.8) is 0 Å². The molecule has 98 valence electrons. The molecule has 18 heavy (non-hydrogen) atoms. The summed E-state index contributed by atoms with van der Waals surface area (Å²) in [6.45, 7) is 3.89. The fraction of sp³-hybridized carbons (Fsp3) is 0.583. The number of carbonyl (C=O) groups is 1. The molecule has 1 N–H and O–H groups in total. The minimum atomic E-state index is -0.590. The van der Waals surface area contributed by atoms with Crippen molar-refractivity contribution in [3.8, 4) is 0 Å². The Bertz CT molecular complexity index is 490. The average Bonchev–Trinajstić information content (AvgIpc) is 2.38. The summed E-state index contributed by atoms with van der Waals surface area (Å²) in [6.07, 6.45) is 2.12. The third kappa shape index (κ3) is 2.69. The predicted octanol–water partition coefficient (Wildman–Crippen LogP) is 0.793. The fourth-order valence-electron chi connectivity index (χ4n) is 2.02. The van der Waals surface area contributed by atoms with Crippen LogP contribution in [0.3, 0.4) is 0 Å². The lowest BCUT2D eigenvalue weighted by atomic mass is 10.00. The SMILES string of the molecule is COC(=O)c1cc(=O)[nH]c(N2CCC(C)CC2)n1. The van der Waals surface area contributed by atoms with Crippen LogP contribution in [-0.2, 0) is 4.74 Å². The molecule has 6 heteroatoms. The Kier molecular flexibility index (Phi) is 3.64. The average molecular weight is 251 g/mol. The van der Waals surface area contributed by atoms with Crippen molar-refractivity contribution in [2.45, 2.75) is 19.8 Å². The molecule has 2 heterocycles. The van der Waals surface area contributed by atoms with Crippen LogP contribution in [-0.4, -0.2) is 36.1 Å². The Labute approximate surface area is 105 Å². The molecule has 1 aromatic heterocycles. The first-order valence-electron chi connectivity index (χ1n) is 6.05. The second-order valence-electron chi connectivity index (χ2n) is 4.62. The number of hydrogen-bond acceptors (Lipinski definition) is 5. The Morgan fingerprint density at radius 3 is 2.78 bits per heavy atom. The van der Waals surface area contributed by atoms with Crippen LogP contribution in [0, 0.1) is 5.92 Å². The number of carbonyl (C=O) groups excluding carboxylic acids is 1. The Morgan fingerprint density at radius 1 is 1.50 bits per heavy atom. The zero-order valence-corrected chi connectivity index (χ0v) is 10.6. The normalized spacial score (nSPS) is 16.7. The zero-order valence-electron chi connectivity index (χ0n) is 10.6. The van der Waals surface area contributed by atoms with E-state index >= 15 is 0 Å². The molecule has 0 radical (unpaired) electrons. The molecule has 0 saturated carbocycles. The van der Waals surface area contributed by atoms with Crippen LogP contribution in [0.2, 0.25) is 0 Å². The van der Waals surface area contributed by atoms with Gasteiger partial charge in [0.25, 0.3) is 5.56 Å². The number of nitrogens with zero attached hydrogens (tertiary/aromatic N) is 2. The van der Waals surface area contributed by atoms with Gasteiger partial charge in [-0.3, -0.25) is 9.78 Å². The van der Waals surface area contributed by atoms with Gasteiger partial charge in [-0.05, 0) is 18.8 Å². The van der Waals surface area contributed by atoms with Crippen molar-refractivity contribution in [1.82, 2.24) is 9.97 Å². The van der Waals surface area contributed by atoms with Gasteiger partial charge in [0.1, 0.15) is 0 Å². The largest absolute Gasteiger partial charge is 0.464 e. The van der Waals surface area contributed by atoms with Crippen molar-refractivity contribution in [3.05, 3.63) is 22.1 Å². The van der Waals surface area contributed by atoms with Crippen molar-refractivity contribution < 1.29 is 9.53 Å². The molecular weight excluding hydrogens is 234 g/mol. The number of aromatic nitrogens is 2. The standard InChI is InChI=1S/C12H17N3O3/c1-8-3-5-15(6-4-8)12-13-9(11(17)18-2)7-10(16)14-12/h7-8H,3-6H2,1-2H3,(H,13,14,16). The third-order valence-corrected chi connectivity index (χ3v) is 3.21. The molecule has 1 aromatic rings. The molecule has 0 aliphatic carbocycles. The van der Waals surface area contributed by atoms with Crippen LogP contribution in [0.1, 0.15) is 30.3 Å². The summed E-state index contributed by atoms with van der Waals surface area (Å²) >= 11 is 0. The lowest BCUT2D eigenvalue weighted by Crippen LogP contribution is -2.35. The van der Waals surface area contributed by atoms with Gasteiger partial charge in [-0.15, -0.1) is 0 Å². The minimum Gasteiger partial charge on any atom is -0.464 e. The van der Waals surface area contributed by atoms with Crippen LogP contribution in [0.5, 0.6) is 0 Å². The summed E-state index contributed by atoms with van der Waals surface area (Å²) in [4.78, 5) is 31.7. The summed E-state index contributed by atoms with van der Waals surface area (Å²) in [5.74, 6) is 0.555. The summed E-state index contributed by atoms with van der Waals surface area (Å²) in [5, 5.41) is 0. The number of nitrogens with one attached hydrogen (secondary N) is 1. The molecule has 0 amide bonds. The lowest BCUT2D eigenvalue weighted by molar-refractivity contribution is 0.0593. The Balaban J connectivity index is 2.25. The van der Waals surface area contributed by atoms with Gasteiger partial charge in [0, 0.05) is 19.2 Å². The second-order valence-corrected chi connectivity index (χ2v) is 4.62. The highest BCUT2D eigenvalue weighted by Gasteiger charge is 2.19. The molecule has 0 atom stereocenters. The molecule has 1 fully saturated rings. The predicted molar refractivity (Wildman–Crippen MR) is 66.8 cm³/mol. The van der Waals surface area contributed by atoms with Crippen LogP contribution >= 0.6 is 0 Å². The highest BCUT2D eigenvalue weighted by molar-refractivity contribution is 5.87. The maximum Gasteiger partial charge on any atom is 0.357 e. The van der Waals surface area contributed by atoms with Gasteiger partial charge in [0.15, 0.2) is 5.69 Å². The van der Waals surface area contributed by atoms with Crippen molar-refractivity contribution in [1.29, 1.82) is 0 Å². The highest BCUT2D eigenvalue weighted by Crippen LogP contribution is 2.19. The van der Waals surface area contributed by atoms with E-state index in [2.05, 4.69) is 21.6 Å². The summed E-state index contributed by atoms with van der Waals surface area (Å²) in [5.41, 5.74) is -0.283. The van der Waals surface area contributed by atoms with E-state index < -0.39 is 5.97 Å². The minimum absolute atomic E-state index is 0.0508. The van der Waals surface area contributed by atoms with Crippen molar-refractivity contribution in [2.75, 3.05) is 25.1 Å². The van der Waals surface area contributed by atoms with E-state index in [4.69, 9.17) is 0 Å². The van der Waals surface area contributed by atoms with Gasteiger partial charge in [0.2, 0.25) is 5.95 Å². The lowest BCUT2D eigenvalue weighted by Gasteiger charge is -2.30. The van der Waals surface area contributed by atoms with Crippen LogP contribution < -0.4 is 10.5 Å². The summed E-state index contributed by atoms with van der Waals surface area (Å²) in [7, 11) is 1.27. The number of anilines is 1. The fourth-order valence-corrected chi connectivity index (χ4v) is 2.02. The van der Waals surface area contributed by atoms with Gasteiger partial charge in [-0.1, -0.05) is 6.92 Å². The molecule has 2 rings (SSSR count). The smallest absolute Gasteiger partial charge is 0.357 e. The highest BCUT2D eigenvalue weighted by atomic mass is 16.5. The molecule has 0 bridgehead atoms. The molecular formula is C12H17N3O3. The maximum atomic E-state index is 11.5. The Hall–Kier alpha value is -1.85. The molecule has 0 spiro atoms. The van der Waals surface area contributed by atoms with Gasteiger partial charge in [0.05, 0.1) is 7.11 Å². The van der Waals surface area contributed by atoms with Gasteiger partial charge < -0.3 is 9.64 Å². The number of H-pyrrole nitrogens is 1. The number of hydrogen-bond donors (Lipinski definition) is 1. The first-order valence-corrected chi connectivity index (χ1v) is 6.05. The number of aromatic amines is 1. The van der Waals surface area contributed by atoms with Crippen molar-refractivity contribution >= 4 is 11.9 Å². The summed E-state index contributed by atoms with van der Waals surface area (Å²) < 4.78 is 4.58. The van der Waals surface area contributed by atoms with E-state index in [-0.39, 0.29) is 11.3 Å².